The van der Waals surface area contributed by atoms with Crippen LogP contribution in [0.4, 0.5) is 5.69 Å². The molecule has 3 N–H and O–H groups in total. The minimum atomic E-state index is 0.119. The number of anilines is 1. The SMILES string of the molecule is CSc1cccc(N(C)Cc2cnn(C)c2)c1/C(N)=N/O. The summed E-state index contributed by atoms with van der Waals surface area (Å²) in [5, 5.41) is 16.4. The molecule has 0 aliphatic rings. The standard InChI is InChI=1S/C14H19N5OS/c1-18(8-10-7-16-19(2)9-10)11-5-4-6-12(21-3)13(11)14(15)17-20/h4-7,9,20H,8H2,1-3H3,(H2,15,17). The Morgan fingerprint density at radius 1 is 1.52 bits per heavy atom. The zero-order chi connectivity index (χ0) is 15.4. The van der Waals surface area contributed by atoms with E-state index in [2.05, 4.69) is 15.2 Å². The van der Waals surface area contributed by atoms with Crippen molar-refractivity contribution in [3.05, 3.63) is 41.7 Å². The molecule has 0 aliphatic heterocycles. The van der Waals surface area contributed by atoms with Crippen LogP contribution in [0.5, 0.6) is 0 Å². The number of nitrogens with zero attached hydrogens (tertiary/aromatic N) is 4. The average Bonchev–Trinajstić information content (AvgIpc) is 2.90. The maximum Gasteiger partial charge on any atom is 0.173 e. The van der Waals surface area contributed by atoms with Crippen molar-refractivity contribution in [2.45, 2.75) is 11.4 Å². The van der Waals surface area contributed by atoms with Crippen molar-refractivity contribution < 1.29 is 5.21 Å². The summed E-state index contributed by atoms with van der Waals surface area (Å²) < 4.78 is 1.77. The molecule has 0 fully saturated rings. The Kier molecular flexibility index (Phi) is 4.74. The van der Waals surface area contributed by atoms with Crippen LogP contribution in [0.2, 0.25) is 0 Å². The summed E-state index contributed by atoms with van der Waals surface area (Å²) in [7, 11) is 3.86. The second kappa shape index (κ2) is 6.53. The van der Waals surface area contributed by atoms with E-state index >= 15 is 0 Å². The normalized spacial score (nSPS) is 11.7. The molecule has 0 bridgehead atoms. The van der Waals surface area contributed by atoms with E-state index in [-0.39, 0.29) is 5.84 Å². The lowest BCUT2D eigenvalue weighted by Crippen LogP contribution is -2.23. The molecule has 6 nitrogen and oxygen atoms in total. The molecule has 0 aliphatic carbocycles. The molecular weight excluding hydrogens is 286 g/mol. The number of hydrogen-bond acceptors (Lipinski definition) is 5. The average molecular weight is 305 g/mol. The maximum absolute atomic E-state index is 9.03. The molecule has 21 heavy (non-hydrogen) atoms. The van der Waals surface area contributed by atoms with Gasteiger partial charge >= 0.3 is 0 Å². The number of nitrogens with two attached hydrogens (primary N) is 1. The van der Waals surface area contributed by atoms with Crippen molar-refractivity contribution in [2.24, 2.45) is 17.9 Å². The van der Waals surface area contributed by atoms with Gasteiger partial charge in [-0.25, -0.2) is 0 Å². The predicted octanol–water partition coefficient (Wildman–Crippen LogP) is 1.87. The third kappa shape index (κ3) is 3.30. The van der Waals surface area contributed by atoms with Gasteiger partial charge in [0.25, 0.3) is 0 Å². The lowest BCUT2D eigenvalue weighted by Gasteiger charge is -2.23. The number of hydrogen-bond donors (Lipinski definition) is 2. The number of aromatic nitrogens is 2. The minimum Gasteiger partial charge on any atom is -0.409 e. The van der Waals surface area contributed by atoms with Gasteiger partial charge in [0.15, 0.2) is 5.84 Å². The van der Waals surface area contributed by atoms with Crippen molar-refractivity contribution in [3.8, 4) is 0 Å². The van der Waals surface area contributed by atoms with E-state index < -0.39 is 0 Å². The monoisotopic (exact) mass is 305 g/mol. The summed E-state index contributed by atoms with van der Waals surface area (Å²) in [5.41, 5.74) is 8.61. The summed E-state index contributed by atoms with van der Waals surface area (Å²) in [6.45, 7) is 0.692. The van der Waals surface area contributed by atoms with Gasteiger partial charge < -0.3 is 15.8 Å². The summed E-state index contributed by atoms with van der Waals surface area (Å²) in [5.74, 6) is 0.119. The molecule has 2 rings (SSSR count). The smallest absolute Gasteiger partial charge is 0.173 e. The van der Waals surface area contributed by atoms with Crippen molar-refractivity contribution in [1.29, 1.82) is 0 Å². The van der Waals surface area contributed by atoms with Crippen molar-refractivity contribution in [1.82, 2.24) is 9.78 Å². The molecule has 0 saturated carbocycles. The Morgan fingerprint density at radius 2 is 2.29 bits per heavy atom. The fourth-order valence-corrected chi connectivity index (χ4v) is 2.86. The highest BCUT2D eigenvalue weighted by atomic mass is 32.2. The summed E-state index contributed by atoms with van der Waals surface area (Å²) >= 11 is 1.57. The van der Waals surface area contributed by atoms with Gasteiger partial charge in [0.05, 0.1) is 11.8 Å². The highest BCUT2D eigenvalue weighted by Crippen LogP contribution is 2.29. The zero-order valence-corrected chi connectivity index (χ0v) is 13.1. The third-order valence-electron chi connectivity index (χ3n) is 3.18. The molecule has 112 valence electrons. The molecule has 0 unspecified atom stereocenters. The van der Waals surface area contributed by atoms with Crippen molar-refractivity contribution >= 4 is 23.3 Å². The van der Waals surface area contributed by atoms with Crippen LogP contribution in [-0.4, -0.2) is 34.1 Å². The van der Waals surface area contributed by atoms with Crippen LogP contribution >= 0.6 is 11.8 Å². The Balaban J connectivity index is 2.38. The summed E-state index contributed by atoms with van der Waals surface area (Å²) in [6.07, 6.45) is 5.77. The largest absolute Gasteiger partial charge is 0.409 e. The first kappa shape index (κ1) is 15.2. The second-order valence-corrected chi connectivity index (χ2v) is 5.57. The lowest BCUT2D eigenvalue weighted by atomic mass is 10.1. The van der Waals surface area contributed by atoms with Gasteiger partial charge in [0.1, 0.15) is 0 Å². The summed E-state index contributed by atoms with van der Waals surface area (Å²) in [4.78, 5) is 3.03. The van der Waals surface area contributed by atoms with Crippen LogP contribution in [0.15, 0.2) is 40.6 Å². The molecule has 0 radical (unpaired) electrons. The van der Waals surface area contributed by atoms with Crippen molar-refractivity contribution in [3.63, 3.8) is 0 Å². The Bertz CT molecular complexity index is 653. The van der Waals surface area contributed by atoms with Crippen LogP contribution in [0, 0.1) is 0 Å². The Morgan fingerprint density at radius 3 is 2.86 bits per heavy atom. The van der Waals surface area contributed by atoms with E-state index in [0.29, 0.717) is 6.54 Å². The van der Waals surface area contributed by atoms with Crippen LogP contribution in [0.1, 0.15) is 11.1 Å². The van der Waals surface area contributed by atoms with E-state index in [9.17, 15) is 0 Å². The quantitative estimate of drug-likeness (QED) is 0.290. The Labute approximate surface area is 128 Å². The second-order valence-electron chi connectivity index (χ2n) is 4.72. The van der Waals surface area contributed by atoms with Gasteiger partial charge in [0, 0.05) is 43.0 Å². The lowest BCUT2D eigenvalue weighted by molar-refractivity contribution is 0.318. The van der Waals surface area contributed by atoms with Gasteiger partial charge in [-0.15, -0.1) is 11.8 Å². The first-order chi connectivity index (χ1) is 10.1. The number of oxime groups is 1. The number of rotatable bonds is 5. The number of benzene rings is 1. The van der Waals surface area contributed by atoms with E-state index in [1.54, 1.807) is 16.4 Å². The zero-order valence-electron chi connectivity index (χ0n) is 12.3. The van der Waals surface area contributed by atoms with Gasteiger partial charge in [-0.1, -0.05) is 11.2 Å². The molecule has 0 saturated heterocycles. The third-order valence-corrected chi connectivity index (χ3v) is 3.96. The first-order valence-electron chi connectivity index (χ1n) is 6.40. The topological polar surface area (TPSA) is 79.7 Å². The highest BCUT2D eigenvalue weighted by molar-refractivity contribution is 7.98. The molecule has 1 aromatic heterocycles. The maximum atomic E-state index is 9.03. The van der Waals surface area contributed by atoms with Crippen LogP contribution in [0.25, 0.3) is 0 Å². The van der Waals surface area contributed by atoms with Crippen LogP contribution in [0.3, 0.4) is 0 Å². The van der Waals surface area contributed by atoms with Gasteiger partial charge in [-0.2, -0.15) is 5.10 Å². The predicted molar refractivity (Wildman–Crippen MR) is 86.0 cm³/mol. The van der Waals surface area contributed by atoms with Crippen LogP contribution in [-0.2, 0) is 13.6 Å². The minimum absolute atomic E-state index is 0.119. The van der Waals surface area contributed by atoms with E-state index in [0.717, 1.165) is 21.7 Å². The molecule has 2 aromatic rings. The highest BCUT2D eigenvalue weighted by Gasteiger charge is 2.16. The van der Waals surface area contributed by atoms with Gasteiger partial charge in [0.2, 0.25) is 0 Å². The number of amidine groups is 1. The fourth-order valence-electron chi connectivity index (χ4n) is 2.23. The molecule has 0 atom stereocenters. The summed E-state index contributed by atoms with van der Waals surface area (Å²) in [6, 6.07) is 5.89. The molecule has 0 spiro atoms. The Hall–Kier alpha value is -2.15. The molecule has 1 heterocycles. The number of thioether (sulfide) groups is 1. The van der Waals surface area contributed by atoms with E-state index in [1.807, 2.05) is 50.9 Å². The van der Waals surface area contributed by atoms with Crippen LogP contribution < -0.4 is 10.6 Å². The first-order valence-corrected chi connectivity index (χ1v) is 7.62. The molecule has 7 heteroatoms. The van der Waals surface area contributed by atoms with E-state index in [4.69, 9.17) is 10.9 Å². The van der Waals surface area contributed by atoms with E-state index in [1.165, 1.54) is 0 Å². The fraction of sp³-hybridized carbons (Fsp3) is 0.286. The molecular formula is C14H19N5OS. The van der Waals surface area contributed by atoms with Crippen molar-refractivity contribution in [2.75, 3.05) is 18.2 Å². The van der Waals surface area contributed by atoms with Gasteiger partial charge in [-0.3, -0.25) is 4.68 Å². The van der Waals surface area contributed by atoms with Gasteiger partial charge in [-0.05, 0) is 18.4 Å². The molecule has 1 aromatic carbocycles. The number of aryl methyl sites for hydroxylation is 1. The molecule has 0 amide bonds.